The number of amides is 1. The lowest BCUT2D eigenvalue weighted by atomic mass is 10.2. The molecule has 0 bridgehead atoms. The number of phenols is 1. The van der Waals surface area contributed by atoms with Gasteiger partial charge in [0.25, 0.3) is 11.6 Å². The molecule has 2 aromatic rings. The van der Waals surface area contributed by atoms with Crippen molar-refractivity contribution in [2.75, 3.05) is 12.4 Å². The molecule has 2 rings (SSSR count). The van der Waals surface area contributed by atoms with Crippen LogP contribution in [0.3, 0.4) is 0 Å². The third-order valence-corrected chi connectivity index (χ3v) is 2.77. The van der Waals surface area contributed by atoms with Crippen molar-refractivity contribution in [1.29, 1.82) is 0 Å². The van der Waals surface area contributed by atoms with Crippen LogP contribution in [0.25, 0.3) is 0 Å². The van der Waals surface area contributed by atoms with Crippen molar-refractivity contribution in [1.82, 2.24) is 0 Å². The average molecular weight is 288 g/mol. The van der Waals surface area contributed by atoms with E-state index in [1.165, 1.54) is 13.2 Å². The average Bonchev–Trinajstić information content (AvgIpc) is 2.49. The third kappa shape index (κ3) is 3.27. The number of phenolic OH excluding ortho intramolecular Hbond substituents is 1. The van der Waals surface area contributed by atoms with E-state index < -0.39 is 10.8 Å². The normalized spacial score (nSPS) is 9.95. The van der Waals surface area contributed by atoms with Crippen molar-refractivity contribution in [3.63, 3.8) is 0 Å². The van der Waals surface area contributed by atoms with Crippen LogP contribution in [0.5, 0.6) is 11.5 Å². The number of benzene rings is 2. The van der Waals surface area contributed by atoms with Gasteiger partial charge in [0.15, 0.2) is 0 Å². The van der Waals surface area contributed by atoms with Gasteiger partial charge in [0.1, 0.15) is 11.5 Å². The molecule has 108 valence electrons. The number of methoxy groups -OCH3 is 1. The zero-order chi connectivity index (χ0) is 15.4. The highest BCUT2D eigenvalue weighted by atomic mass is 16.6. The minimum Gasteiger partial charge on any atom is -0.506 e. The van der Waals surface area contributed by atoms with Gasteiger partial charge in [-0.2, -0.15) is 0 Å². The minimum absolute atomic E-state index is 0.0305. The number of hydrogen-bond acceptors (Lipinski definition) is 5. The Hall–Kier alpha value is -3.09. The highest BCUT2D eigenvalue weighted by Gasteiger charge is 2.14. The molecule has 2 aromatic carbocycles. The number of rotatable bonds is 4. The highest BCUT2D eigenvalue weighted by molar-refractivity contribution is 6.05. The molecular formula is C14H12N2O5. The quantitative estimate of drug-likeness (QED) is 0.511. The standard InChI is InChI=1S/C14H12N2O5/c1-21-11-4-2-3-9(7-11)14(18)15-12-8-10(16(19)20)5-6-13(12)17/h2-8,17H,1H3,(H,15,18). The van der Waals surface area contributed by atoms with Crippen LogP contribution in [0.2, 0.25) is 0 Å². The fourth-order valence-corrected chi connectivity index (χ4v) is 1.70. The maximum Gasteiger partial charge on any atom is 0.271 e. The molecule has 0 atom stereocenters. The first-order valence-electron chi connectivity index (χ1n) is 5.94. The second kappa shape index (κ2) is 5.91. The number of aromatic hydroxyl groups is 1. The molecule has 7 nitrogen and oxygen atoms in total. The van der Waals surface area contributed by atoms with E-state index in [2.05, 4.69) is 5.32 Å². The number of carbonyl (C=O) groups is 1. The molecule has 0 saturated carbocycles. The Balaban J connectivity index is 2.26. The Labute approximate surface area is 119 Å². The van der Waals surface area contributed by atoms with Crippen LogP contribution in [0.1, 0.15) is 10.4 Å². The van der Waals surface area contributed by atoms with E-state index in [9.17, 15) is 20.0 Å². The molecule has 0 heterocycles. The third-order valence-electron chi connectivity index (χ3n) is 2.77. The van der Waals surface area contributed by atoms with Gasteiger partial charge in [0.2, 0.25) is 0 Å². The number of nitrogens with one attached hydrogen (secondary N) is 1. The fraction of sp³-hybridized carbons (Fsp3) is 0.0714. The van der Waals surface area contributed by atoms with E-state index in [4.69, 9.17) is 4.74 Å². The molecule has 0 radical (unpaired) electrons. The van der Waals surface area contributed by atoms with Crippen molar-refractivity contribution in [3.05, 3.63) is 58.1 Å². The van der Waals surface area contributed by atoms with E-state index in [0.29, 0.717) is 11.3 Å². The van der Waals surface area contributed by atoms with E-state index in [0.717, 1.165) is 18.2 Å². The Kier molecular flexibility index (Phi) is 4.03. The van der Waals surface area contributed by atoms with Gasteiger partial charge in [-0.1, -0.05) is 6.07 Å². The number of carbonyl (C=O) groups excluding carboxylic acids is 1. The van der Waals surface area contributed by atoms with E-state index in [1.807, 2.05) is 0 Å². The first-order valence-corrected chi connectivity index (χ1v) is 5.94. The van der Waals surface area contributed by atoms with Gasteiger partial charge in [0, 0.05) is 17.7 Å². The molecule has 0 unspecified atom stereocenters. The summed E-state index contributed by atoms with van der Waals surface area (Å²) >= 11 is 0. The highest BCUT2D eigenvalue weighted by Crippen LogP contribution is 2.28. The van der Waals surface area contributed by atoms with Crippen molar-refractivity contribution in [2.45, 2.75) is 0 Å². The van der Waals surface area contributed by atoms with Crippen LogP contribution in [0.4, 0.5) is 11.4 Å². The number of nitro benzene ring substituents is 1. The number of non-ortho nitro benzene ring substituents is 1. The Morgan fingerprint density at radius 2 is 2.05 bits per heavy atom. The maximum absolute atomic E-state index is 12.1. The van der Waals surface area contributed by atoms with Gasteiger partial charge in [0.05, 0.1) is 17.7 Å². The summed E-state index contributed by atoms with van der Waals surface area (Å²) in [5.74, 6) is -0.257. The van der Waals surface area contributed by atoms with E-state index in [1.54, 1.807) is 18.2 Å². The van der Waals surface area contributed by atoms with Crippen molar-refractivity contribution < 1.29 is 19.6 Å². The molecule has 0 saturated heterocycles. The molecule has 0 spiro atoms. The molecule has 21 heavy (non-hydrogen) atoms. The summed E-state index contributed by atoms with van der Waals surface area (Å²) in [4.78, 5) is 22.2. The van der Waals surface area contributed by atoms with Crippen molar-refractivity contribution in [3.8, 4) is 11.5 Å². The van der Waals surface area contributed by atoms with Gasteiger partial charge in [-0.05, 0) is 24.3 Å². The predicted octanol–water partition coefficient (Wildman–Crippen LogP) is 2.56. The van der Waals surface area contributed by atoms with E-state index >= 15 is 0 Å². The summed E-state index contributed by atoms with van der Waals surface area (Å²) in [6, 6.07) is 9.79. The molecule has 0 fully saturated rings. The number of anilines is 1. The SMILES string of the molecule is COc1cccc(C(=O)Nc2cc([N+](=O)[O-])ccc2O)c1. The van der Waals surface area contributed by atoms with Crippen molar-refractivity contribution >= 4 is 17.3 Å². The first kappa shape index (κ1) is 14.3. The molecule has 7 heteroatoms. The lowest BCUT2D eigenvalue weighted by molar-refractivity contribution is -0.384. The molecule has 0 aromatic heterocycles. The van der Waals surface area contributed by atoms with Gasteiger partial charge in [-0.25, -0.2) is 0 Å². The summed E-state index contributed by atoms with van der Waals surface area (Å²) in [6.45, 7) is 0. The van der Waals surface area contributed by atoms with Crippen LogP contribution in [-0.4, -0.2) is 23.0 Å². The van der Waals surface area contributed by atoms with Crippen LogP contribution in [-0.2, 0) is 0 Å². The summed E-state index contributed by atoms with van der Waals surface area (Å²) < 4.78 is 5.01. The second-order valence-corrected chi connectivity index (χ2v) is 4.14. The summed E-state index contributed by atoms with van der Waals surface area (Å²) in [6.07, 6.45) is 0. The molecular weight excluding hydrogens is 276 g/mol. The summed E-state index contributed by atoms with van der Waals surface area (Å²) in [5.41, 5.74) is 0.0472. The second-order valence-electron chi connectivity index (χ2n) is 4.14. The molecule has 0 aliphatic carbocycles. The van der Waals surface area contributed by atoms with Gasteiger partial charge < -0.3 is 15.2 Å². The number of nitro groups is 1. The van der Waals surface area contributed by atoms with Gasteiger partial charge in [-0.3, -0.25) is 14.9 Å². The predicted molar refractivity (Wildman–Crippen MR) is 75.7 cm³/mol. The van der Waals surface area contributed by atoms with Gasteiger partial charge in [-0.15, -0.1) is 0 Å². The zero-order valence-electron chi connectivity index (χ0n) is 11.1. The Morgan fingerprint density at radius 3 is 2.71 bits per heavy atom. The molecule has 1 amide bonds. The maximum atomic E-state index is 12.1. The monoisotopic (exact) mass is 288 g/mol. The van der Waals surface area contributed by atoms with Crippen LogP contribution >= 0.6 is 0 Å². The molecule has 0 aliphatic heterocycles. The summed E-state index contributed by atoms with van der Waals surface area (Å²) in [5, 5.41) is 22.8. The summed E-state index contributed by atoms with van der Waals surface area (Å²) in [7, 11) is 1.48. The van der Waals surface area contributed by atoms with Crippen LogP contribution in [0.15, 0.2) is 42.5 Å². The lowest BCUT2D eigenvalue weighted by Crippen LogP contribution is -2.12. The Bertz CT molecular complexity index is 700. The Morgan fingerprint density at radius 1 is 1.29 bits per heavy atom. The fourth-order valence-electron chi connectivity index (χ4n) is 1.70. The van der Waals surface area contributed by atoms with Crippen LogP contribution < -0.4 is 10.1 Å². The topological polar surface area (TPSA) is 102 Å². The van der Waals surface area contributed by atoms with Gasteiger partial charge >= 0.3 is 0 Å². The lowest BCUT2D eigenvalue weighted by Gasteiger charge is -2.08. The largest absolute Gasteiger partial charge is 0.506 e. The van der Waals surface area contributed by atoms with Crippen molar-refractivity contribution in [2.24, 2.45) is 0 Å². The first-order chi connectivity index (χ1) is 10.0. The zero-order valence-corrected chi connectivity index (χ0v) is 11.1. The smallest absolute Gasteiger partial charge is 0.271 e. The number of ether oxygens (including phenoxy) is 1. The minimum atomic E-state index is -0.610. The number of nitrogens with zero attached hydrogens (tertiary/aromatic N) is 1. The molecule has 0 aliphatic rings. The molecule has 2 N–H and O–H groups in total. The van der Waals surface area contributed by atoms with Crippen LogP contribution in [0, 0.1) is 10.1 Å². The van der Waals surface area contributed by atoms with E-state index in [-0.39, 0.29) is 17.1 Å². The number of hydrogen-bond donors (Lipinski definition) is 2.